The third-order valence-electron chi connectivity index (χ3n) is 5.90. The molecule has 1 spiro atoms. The second kappa shape index (κ2) is 7.17. The molecule has 28 heavy (non-hydrogen) atoms. The standard InChI is InChI=1S/C22H24N4O2/c23-14-16-3-1-15(2-4-16)7-10-26-11-8-22(9-12-26)13-19(27)17-5-6-18(24)20(25)21(17)28-22/h1-6H,7-13,24-25H2. The number of fused-ring (bicyclic) bond motifs is 1. The Hall–Kier alpha value is -3.04. The third kappa shape index (κ3) is 3.41. The van der Waals surface area contributed by atoms with E-state index in [0.29, 0.717) is 34.7 Å². The van der Waals surface area contributed by atoms with Gasteiger partial charge in [0.25, 0.3) is 0 Å². The van der Waals surface area contributed by atoms with E-state index in [1.165, 1.54) is 5.56 Å². The van der Waals surface area contributed by atoms with E-state index in [-0.39, 0.29) is 5.78 Å². The Morgan fingerprint density at radius 2 is 1.82 bits per heavy atom. The third-order valence-corrected chi connectivity index (χ3v) is 5.90. The highest BCUT2D eigenvalue weighted by Gasteiger charge is 2.43. The van der Waals surface area contributed by atoms with Crippen LogP contribution in [0, 0.1) is 11.3 Å². The molecule has 0 atom stereocenters. The minimum atomic E-state index is -0.475. The van der Waals surface area contributed by atoms with Gasteiger partial charge in [-0.15, -0.1) is 0 Å². The number of nitrogens with two attached hydrogens (primary N) is 2. The van der Waals surface area contributed by atoms with Crippen LogP contribution in [-0.2, 0) is 6.42 Å². The number of anilines is 2. The van der Waals surface area contributed by atoms with Crippen molar-refractivity contribution in [1.29, 1.82) is 5.26 Å². The number of nitriles is 1. The highest BCUT2D eigenvalue weighted by molar-refractivity contribution is 6.03. The summed E-state index contributed by atoms with van der Waals surface area (Å²) in [6, 6.07) is 13.3. The number of benzene rings is 2. The van der Waals surface area contributed by atoms with E-state index in [1.807, 2.05) is 24.3 Å². The Morgan fingerprint density at radius 3 is 2.50 bits per heavy atom. The Balaban J connectivity index is 1.39. The number of ketones is 1. The molecule has 0 radical (unpaired) electrons. The van der Waals surface area contributed by atoms with Gasteiger partial charge in [-0.25, -0.2) is 0 Å². The zero-order valence-corrected chi connectivity index (χ0v) is 15.8. The Labute approximate surface area is 164 Å². The van der Waals surface area contributed by atoms with Crippen molar-refractivity contribution in [3.63, 3.8) is 0 Å². The molecule has 144 valence electrons. The summed E-state index contributed by atoms with van der Waals surface area (Å²) in [4.78, 5) is 15.1. The largest absolute Gasteiger partial charge is 0.484 e. The molecule has 0 amide bonds. The lowest BCUT2D eigenvalue weighted by Gasteiger charge is -2.44. The summed E-state index contributed by atoms with van der Waals surface area (Å²) in [5.74, 6) is 0.543. The molecular weight excluding hydrogens is 352 g/mol. The number of nitrogens with zero attached hydrogens (tertiary/aromatic N) is 2. The van der Waals surface area contributed by atoms with Gasteiger partial charge in [-0.2, -0.15) is 5.26 Å². The number of piperidine rings is 1. The molecule has 2 aliphatic heterocycles. The van der Waals surface area contributed by atoms with Crippen molar-refractivity contribution in [3.05, 3.63) is 53.1 Å². The van der Waals surface area contributed by atoms with Crippen LogP contribution in [0.15, 0.2) is 36.4 Å². The number of ether oxygens (including phenoxy) is 1. The number of nitrogen functional groups attached to an aromatic ring is 2. The van der Waals surface area contributed by atoms with E-state index in [1.54, 1.807) is 12.1 Å². The van der Waals surface area contributed by atoms with Crippen LogP contribution in [0.3, 0.4) is 0 Å². The lowest BCUT2D eigenvalue weighted by molar-refractivity contribution is -0.00807. The van der Waals surface area contributed by atoms with Crippen molar-refractivity contribution in [2.24, 2.45) is 0 Å². The Morgan fingerprint density at radius 1 is 1.11 bits per heavy atom. The van der Waals surface area contributed by atoms with Gasteiger partial charge in [0, 0.05) is 32.5 Å². The molecule has 2 aromatic carbocycles. The summed E-state index contributed by atoms with van der Waals surface area (Å²) in [5, 5.41) is 8.89. The van der Waals surface area contributed by atoms with E-state index in [0.717, 1.165) is 38.9 Å². The minimum absolute atomic E-state index is 0.0824. The van der Waals surface area contributed by atoms with Gasteiger partial charge in [-0.1, -0.05) is 12.1 Å². The minimum Gasteiger partial charge on any atom is -0.484 e. The summed E-state index contributed by atoms with van der Waals surface area (Å²) < 4.78 is 6.30. The molecule has 1 fully saturated rings. The first-order chi connectivity index (χ1) is 13.5. The average Bonchev–Trinajstić information content (AvgIpc) is 2.71. The van der Waals surface area contributed by atoms with Crippen LogP contribution in [-0.4, -0.2) is 35.9 Å². The van der Waals surface area contributed by atoms with Gasteiger partial charge in [-0.05, 0) is 36.2 Å². The maximum atomic E-state index is 12.7. The molecule has 4 N–H and O–H groups in total. The summed E-state index contributed by atoms with van der Waals surface area (Å²) in [5.41, 5.74) is 14.8. The number of carbonyl (C=O) groups is 1. The van der Waals surface area contributed by atoms with Crippen molar-refractivity contribution < 1.29 is 9.53 Å². The fourth-order valence-corrected chi connectivity index (χ4v) is 4.08. The number of carbonyl (C=O) groups excluding carboxylic acids is 1. The predicted molar refractivity (Wildman–Crippen MR) is 108 cm³/mol. The van der Waals surface area contributed by atoms with Gasteiger partial charge in [0.15, 0.2) is 11.5 Å². The van der Waals surface area contributed by atoms with Crippen LogP contribution in [0.5, 0.6) is 5.75 Å². The van der Waals surface area contributed by atoms with E-state index in [9.17, 15) is 4.79 Å². The molecule has 2 aliphatic rings. The molecule has 4 rings (SSSR count). The maximum absolute atomic E-state index is 12.7. The second-order valence-electron chi connectivity index (χ2n) is 7.73. The Bertz CT molecular complexity index is 938. The molecule has 1 saturated heterocycles. The molecule has 6 nitrogen and oxygen atoms in total. The van der Waals surface area contributed by atoms with Crippen molar-refractivity contribution in [2.75, 3.05) is 31.1 Å². The Kier molecular flexibility index (Phi) is 4.70. The summed E-state index contributed by atoms with van der Waals surface area (Å²) >= 11 is 0. The van der Waals surface area contributed by atoms with Crippen LogP contribution in [0.1, 0.15) is 40.7 Å². The van der Waals surface area contributed by atoms with Crippen molar-refractivity contribution in [3.8, 4) is 11.8 Å². The van der Waals surface area contributed by atoms with Crippen LogP contribution >= 0.6 is 0 Å². The van der Waals surface area contributed by atoms with E-state index in [4.69, 9.17) is 21.5 Å². The molecule has 2 heterocycles. The number of Topliss-reactive ketones (excluding diaryl/α,β-unsaturated/α-hetero) is 1. The number of hydrogen-bond donors (Lipinski definition) is 2. The molecule has 0 bridgehead atoms. The molecular formula is C22H24N4O2. The van der Waals surface area contributed by atoms with E-state index in [2.05, 4.69) is 11.0 Å². The fourth-order valence-electron chi connectivity index (χ4n) is 4.08. The summed E-state index contributed by atoms with van der Waals surface area (Å²) in [6.45, 7) is 2.70. The number of rotatable bonds is 3. The molecule has 0 aliphatic carbocycles. The molecule has 6 heteroatoms. The average molecular weight is 376 g/mol. The zero-order valence-electron chi connectivity index (χ0n) is 15.8. The predicted octanol–water partition coefficient (Wildman–Crippen LogP) is 2.77. The highest BCUT2D eigenvalue weighted by Crippen LogP contribution is 2.43. The van der Waals surface area contributed by atoms with Crippen molar-refractivity contribution in [2.45, 2.75) is 31.3 Å². The lowest BCUT2D eigenvalue weighted by Crippen LogP contribution is -2.51. The monoisotopic (exact) mass is 376 g/mol. The number of likely N-dealkylation sites (tertiary alicyclic amines) is 1. The molecule has 2 aromatic rings. The second-order valence-corrected chi connectivity index (χ2v) is 7.73. The first kappa shape index (κ1) is 18.3. The van der Waals surface area contributed by atoms with Gasteiger partial charge >= 0.3 is 0 Å². The van der Waals surface area contributed by atoms with E-state index < -0.39 is 5.60 Å². The van der Waals surface area contributed by atoms with Crippen LogP contribution in [0.2, 0.25) is 0 Å². The van der Waals surface area contributed by atoms with Crippen LogP contribution < -0.4 is 16.2 Å². The van der Waals surface area contributed by atoms with Gasteiger partial charge in [-0.3, -0.25) is 4.79 Å². The first-order valence-corrected chi connectivity index (χ1v) is 9.61. The van der Waals surface area contributed by atoms with Gasteiger partial charge in [0.1, 0.15) is 5.60 Å². The lowest BCUT2D eigenvalue weighted by atomic mass is 9.82. The van der Waals surface area contributed by atoms with Gasteiger partial charge in [0.05, 0.1) is 35.0 Å². The summed E-state index contributed by atoms with van der Waals surface area (Å²) in [7, 11) is 0. The normalized spacial score (nSPS) is 18.3. The number of hydrogen-bond acceptors (Lipinski definition) is 6. The van der Waals surface area contributed by atoms with Crippen molar-refractivity contribution >= 4 is 17.2 Å². The smallest absolute Gasteiger partial charge is 0.170 e. The van der Waals surface area contributed by atoms with Crippen LogP contribution in [0.25, 0.3) is 0 Å². The van der Waals surface area contributed by atoms with Gasteiger partial charge < -0.3 is 21.1 Å². The SMILES string of the molecule is N#Cc1ccc(CCN2CCC3(CC2)CC(=O)c2ccc(N)c(N)c2O3)cc1. The van der Waals surface area contributed by atoms with Gasteiger partial charge in [0.2, 0.25) is 0 Å². The topological polar surface area (TPSA) is 105 Å². The first-order valence-electron chi connectivity index (χ1n) is 9.61. The van der Waals surface area contributed by atoms with Crippen molar-refractivity contribution in [1.82, 2.24) is 4.90 Å². The maximum Gasteiger partial charge on any atom is 0.170 e. The summed E-state index contributed by atoms with van der Waals surface area (Å²) in [6.07, 6.45) is 2.91. The highest BCUT2D eigenvalue weighted by atomic mass is 16.5. The molecule has 0 aromatic heterocycles. The van der Waals surface area contributed by atoms with E-state index >= 15 is 0 Å². The fraction of sp³-hybridized carbons (Fsp3) is 0.364. The van der Waals surface area contributed by atoms with Crippen LogP contribution in [0.4, 0.5) is 11.4 Å². The molecule has 0 unspecified atom stereocenters. The zero-order chi connectivity index (χ0) is 19.7. The molecule has 0 saturated carbocycles. The quantitative estimate of drug-likeness (QED) is 0.798.